The highest BCUT2D eigenvalue weighted by Crippen LogP contribution is 2.17. The van der Waals surface area contributed by atoms with E-state index in [9.17, 15) is 0 Å². The fourth-order valence-electron chi connectivity index (χ4n) is 2.60. The van der Waals surface area contributed by atoms with Crippen LogP contribution in [0.15, 0.2) is 29.3 Å². The fraction of sp³-hybridized carbons (Fsp3) is 0.571. The zero-order chi connectivity index (χ0) is 21.6. The molecule has 0 aliphatic heterocycles. The summed E-state index contributed by atoms with van der Waals surface area (Å²) >= 11 is 0. The van der Waals surface area contributed by atoms with Crippen LogP contribution in [0.25, 0.3) is 0 Å². The number of guanidine groups is 1. The van der Waals surface area contributed by atoms with Crippen molar-refractivity contribution in [2.24, 2.45) is 12.0 Å². The van der Waals surface area contributed by atoms with Crippen LogP contribution in [0.4, 0.5) is 5.69 Å². The van der Waals surface area contributed by atoms with Gasteiger partial charge >= 0.3 is 0 Å². The monoisotopic (exact) mass is 546 g/mol. The molecule has 31 heavy (non-hydrogen) atoms. The maximum absolute atomic E-state index is 5.79. The van der Waals surface area contributed by atoms with E-state index >= 15 is 0 Å². The van der Waals surface area contributed by atoms with Gasteiger partial charge in [0.1, 0.15) is 18.1 Å². The molecular formula is C21H35IN6O3. The van der Waals surface area contributed by atoms with E-state index in [0.717, 1.165) is 49.1 Å². The molecule has 10 heteroatoms. The van der Waals surface area contributed by atoms with Crippen LogP contribution in [0.1, 0.15) is 31.4 Å². The van der Waals surface area contributed by atoms with Crippen LogP contribution in [0.5, 0.6) is 5.75 Å². The van der Waals surface area contributed by atoms with Crippen molar-refractivity contribution in [1.82, 2.24) is 20.1 Å². The normalized spacial score (nSPS) is 11.2. The topological polar surface area (TPSA) is 94.8 Å². The van der Waals surface area contributed by atoms with Gasteiger partial charge in [0.15, 0.2) is 11.8 Å². The number of nitrogens with one attached hydrogen (secondary N) is 2. The van der Waals surface area contributed by atoms with Gasteiger partial charge in [0.2, 0.25) is 0 Å². The molecule has 1 aromatic heterocycles. The first kappa shape index (κ1) is 27.1. The molecule has 174 valence electrons. The Bertz CT molecular complexity index is 784. The molecule has 0 amide bonds. The molecule has 0 fully saturated rings. The summed E-state index contributed by atoms with van der Waals surface area (Å²) in [5.41, 5.74) is 0.893. The Morgan fingerprint density at radius 3 is 2.71 bits per heavy atom. The Morgan fingerprint density at radius 2 is 2.00 bits per heavy atom. The molecule has 2 N–H and O–H groups in total. The number of aryl methyl sites for hydroxylation is 1. The highest BCUT2D eigenvalue weighted by atomic mass is 127. The second kappa shape index (κ2) is 15.8. The molecule has 0 atom stereocenters. The largest absolute Gasteiger partial charge is 0.493 e. The number of halogens is 1. The quantitative estimate of drug-likeness (QED) is 0.173. The van der Waals surface area contributed by atoms with E-state index in [1.54, 1.807) is 7.11 Å². The highest BCUT2D eigenvalue weighted by molar-refractivity contribution is 14.0. The van der Waals surface area contributed by atoms with Gasteiger partial charge in [0, 0.05) is 58.7 Å². The van der Waals surface area contributed by atoms with Crippen LogP contribution in [-0.2, 0) is 23.1 Å². The Balaban J connectivity index is 0.00000480. The Labute approximate surface area is 202 Å². The van der Waals surface area contributed by atoms with Crippen molar-refractivity contribution in [3.05, 3.63) is 35.9 Å². The summed E-state index contributed by atoms with van der Waals surface area (Å²) < 4.78 is 18.2. The lowest BCUT2D eigenvalue weighted by Crippen LogP contribution is -2.32. The van der Waals surface area contributed by atoms with Gasteiger partial charge in [-0.25, -0.2) is 4.99 Å². The number of methoxy groups -OCH3 is 1. The van der Waals surface area contributed by atoms with Crippen molar-refractivity contribution in [3.8, 4) is 5.75 Å². The van der Waals surface area contributed by atoms with E-state index in [-0.39, 0.29) is 24.0 Å². The van der Waals surface area contributed by atoms with E-state index in [0.29, 0.717) is 32.3 Å². The minimum atomic E-state index is 0. The molecule has 0 radical (unpaired) electrons. The zero-order valence-electron chi connectivity index (χ0n) is 18.9. The lowest BCUT2D eigenvalue weighted by atomic mass is 10.3. The van der Waals surface area contributed by atoms with Gasteiger partial charge in [-0.15, -0.1) is 34.2 Å². The van der Waals surface area contributed by atoms with E-state index in [2.05, 4.69) is 25.8 Å². The van der Waals surface area contributed by atoms with Gasteiger partial charge in [-0.1, -0.05) is 6.07 Å². The van der Waals surface area contributed by atoms with E-state index in [4.69, 9.17) is 14.2 Å². The summed E-state index contributed by atoms with van der Waals surface area (Å²) in [6.45, 7) is 7.81. The number of anilines is 1. The molecule has 0 saturated heterocycles. The van der Waals surface area contributed by atoms with Crippen molar-refractivity contribution in [1.29, 1.82) is 0 Å². The van der Waals surface area contributed by atoms with Crippen LogP contribution in [0.2, 0.25) is 0 Å². The van der Waals surface area contributed by atoms with E-state index in [1.807, 2.05) is 49.7 Å². The number of nitrogens with zero attached hydrogens (tertiary/aromatic N) is 4. The number of aromatic nitrogens is 3. The van der Waals surface area contributed by atoms with Crippen molar-refractivity contribution in [2.75, 3.05) is 45.4 Å². The maximum Gasteiger partial charge on any atom is 0.196 e. The third-order valence-electron chi connectivity index (χ3n) is 4.38. The Kier molecular flexibility index (Phi) is 13.8. The molecule has 0 aliphatic rings. The van der Waals surface area contributed by atoms with Crippen molar-refractivity contribution in [2.45, 2.75) is 33.2 Å². The first-order chi connectivity index (χ1) is 14.6. The zero-order valence-corrected chi connectivity index (χ0v) is 21.2. The predicted molar refractivity (Wildman–Crippen MR) is 133 cm³/mol. The Hall–Kier alpha value is -1.92. The van der Waals surface area contributed by atoms with Gasteiger partial charge in [-0.05, 0) is 32.4 Å². The minimum Gasteiger partial charge on any atom is -0.493 e. The molecule has 0 spiro atoms. The van der Waals surface area contributed by atoms with Crippen LogP contribution in [0.3, 0.4) is 0 Å². The molecule has 0 bridgehead atoms. The van der Waals surface area contributed by atoms with Crippen molar-refractivity contribution in [3.63, 3.8) is 0 Å². The maximum atomic E-state index is 5.79. The van der Waals surface area contributed by atoms with Crippen LogP contribution < -0.4 is 15.4 Å². The van der Waals surface area contributed by atoms with E-state index in [1.165, 1.54) is 0 Å². The average molecular weight is 546 g/mol. The van der Waals surface area contributed by atoms with Gasteiger partial charge in [0.05, 0.1) is 6.61 Å². The third kappa shape index (κ3) is 10.3. The van der Waals surface area contributed by atoms with Gasteiger partial charge < -0.3 is 29.4 Å². The van der Waals surface area contributed by atoms with Gasteiger partial charge in [-0.3, -0.25) is 0 Å². The SMILES string of the molecule is CCOCCCNC(=NCc1nnc(C)n1C)Nc1cccc(OCCCOC)c1.I. The lowest BCUT2D eigenvalue weighted by molar-refractivity contribution is 0.146. The summed E-state index contributed by atoms with van der Waals surface area (Å²) in [6, 6.07) is 7.82. The second-order valence-corrected chi connectivity index (χ2v) is 6.71. The second-order valence-electron chi connectivity index (χ2n) is 6.71. The minimum absolute atomic E-state index is 0. The number of rotatable bonds is 13. The summed E-state index contributed by atoms with van der Waals surface area (Å²) in [4.78, 5) is 4.67. The van der Waals surface area contributed by atoms with Crippen LogP contribution >= 0.6 is 24.0 Å². The summed E-state index contributed by atoms with van der Waals surface area (Å²) in [5.74, 6) is 3.13. The smallest absolute Gasteiger partial charge is 0.196 e. The molecule has 0 saturated carbocycles. The molecule has 9 nitrogen and oxygen atoms in total. The number of ether oxygens (including phenoxy) is 3. The molecule has 0 aliphatic carbocycles. The first-order valence-corrected chi connectivity index (χ1v) is 10.3. The van der Waals surface area contributed by atoms with E-state index < -0.39 is 0 Å². The fourth-order valence-corrected chi connectivity index (χ4v) is 2.60. The first-order valence-electron chi connectivity index (χ1n) is 10.3. The number of benzene rings is 1. The van der Waals surface area contributed by atoms with Crippen molar-refractivity contribution >= 4 is 35.6 Å². The molecular weight excluding hydrogens is 511 g/mol. The predicted octanol–water partition coefficient (Wildman–Crippen LogP) is 3.14. The van der Waals surface area contributed by atoms with Crippen LogP contribution in [0, 0.1) is 6.92 Å². The summed E-state index contributed by atoms with van der Waals surface area (Å²) in [5, 5.41) is 15.0. The number of hydrogen-bond donors (Lipinski definition) is 2. The average Bonchev–Trinajstić information content (AvgIpc) is 3.07. The molecule has 1 aromatic carbocycles. The van der Waals surface area contributed by atoms with Gasteiger partial charge in [0.25, 0.3) is 0 Å². The number of aliphatic imine (C=N–C) groups is 1. The third-order valence-corrected chi connectivity index (χ3v) is 4.38. The number of hydrogen-bond acceptors (Lipinski definition) is 6. The molecule has 1 heterocycles. The Morgan fingerprint density at radius 1 is 1.16 bits per heavy atom. The summed E-state index contributed by atoms with van der Waals surface area (Å²) in [7, 11) is 3.63. The lowest BCUT2D eigenvalue weighted by Gasteiger charge is -2.14. The van der Waals surface area contributed by atoms with Crippen LogP contribution in [-0.4, -0.2) is 60.8 Å². The molecule has 0 unspecified atom stereocenters. The summed E-state index contributed by atoms with van der Waals surface area (Å²) in [6.07, 6.45) is 1.74. The standard InChI is InChI=1S/C21H34N6O3.HI/c1-5-29-13-7-11-22-21(23-16-20-26-25-17(2)27(20)3)24-18-9-6-10-19(15-18)30-14-8-12-28-4;/h6,9-10,15H,5,7-8,11-14,16H2,1-4H3,(H2,22,23,24);1H. The molecule has 2 aromatic rings. The van der Waals surface area contributed by atoms with Gasteiger partial charge in [-0.2, -0.15) is 0 Å². The molecule has 2 rings (SSSR count). The highest BCUT2D eigenvalue weighted by Gasteiger charge is 2.06. The van der Waals surface area contributed by atoms with Crippen molar-refractivity contribution < 1.29 is 14.2 Å².